The lowest BCUT2D eigenvalue weighted by molar-refractivity contribution is 0.627. The maximum atomic E-state index is 13.3. The van der Waals surface area contributed by atoms with Crippen molar-refractivity contribution in [3.8, 4) is 6.07 Å². The van der Waals surface area contributed by atoms with Gasteiger partial charge in [-0.3, -0.25) is 0 Å². The zero-order chi connectivity index (χ0) is 17.6. The standard InChI is InChI=1S/C18H13FN6/c19-14-6-4-5-12(10-14)9-13(11-20)16-23-17(21)25-18(24-16)22-15-7-2-1-3-8-15/h1-10H,(H3,21,22,23,24,25). The molecule has 0 spiro atoms. The third-order valence-corrected chi connectivity index (χ3v) is 3.20. The molecule has 25 heavy (non-hydrogen) atoms. The fraction of sp³-hybridized carbons (Fsp3) is 0. The Morgan fingerprint density at radius 3 is 2.60 bits per heavy atom. The number of hydrogen-bond donors (Lipinski definition) is 2. The van der Waals surface area contributed by atoms with E-state index in [1.807, 2.05) is 36.4 Å². The molecule has 6 nitrogen and oxygen atoms in total. The first-order chi connectivity index (χ1) is 12.1. The van der Waals surface area contributed by atoms with Crippen molar-refractivity contribution in [3.05, 3.63) is 71.8 Å². The first kappa shape index (κ1) is 16.1. The van der Waals surface area contributed by atoms with E-state index in [4.69, 9.17) is 5.73 Å². The van der Waals surface area contributed by atoms with Crippen LogP contribution < -0.4 is 11.1 Å². The van der Waals surface area contributed by atoms with Gasteiger partial charge < -0.3 is 11.1 Å². The summed E-state index contributed by atoms with van der Waals surface area (Å²) in [5, 5.41) is 12.4. The number of nitrogens with zero attached hydrogens (tertiary/aromatic N) is 4. The van der Waals surface area contributed by atoms with E-state index in [0.717, 1.165) is 5.69 Å². The van der Waals surface area contributed by atoms with Crippen LogP contribution in [0.15, 0.2) is 54.6 Å². The molecule has 1 aromatic heterocycles. The molecule has 3 aromatic rings. The van der Waals surface area contributed by atoms with Gasteiger partial charge in [0.15, 0.2) is 5.82 Å². The SMILES string of the molecule is N#CC(=Cc1cccc(F)c1)c1nc(N)nc(Nc2ccccc2)n1. The predicted molar refractivity (Wildman–Crippen MR) is 93.8 cm³/mol. The minimum absolute atomic E-state index is 0.0242. The Bertz CT molecular complexity index is 963. The third-order valence-electron chi connectivity index (χ3n) is 3.20. The summed E-state index contributed by atoms with van der Waals surface area (Å²) < 4.78 is 13.3. The van der Waals surface area contributed by atoms with Gasteiger partial charge in [-0.05, 0) is 35.9 Å². The highest BCUT2D eigenvalue weighted by Gasteiger charge is 2.10. The maximum Gasteiger partial charge on any atom is 0.232 e. The molecule has 0 radical (unpaired) electrons. The van der Waals surface area contributed by atoms with Gasteiger partial charge in [-0.25, -0.2) is 4.39 Å². The Kier molecular flexibility index (Phi) is 4.62. The largest absolute Gasteiger partial charge is 0.368 e. The highest BCUT2D eigenvalue weighted by atomic mass is 19.1. The molecule has 0 aliphatic heterocycles. The van der Waals surface area contributed by atoms with Crippen molar-refractivity contribution in [1.82, 2.24) is 15.0 Å². The van der Waals surface area contributed by atoms with Crippen LogP contribution >= 0.6 is 0 Å². The van der Waals surface area contributed by atoms with Gasteiger partial charge in [-0.15, -0.1) is 0 Å². The van der Waals surface area contributed by atoms with Gasteiger partial charge >= 0.3 is 0 Å². The monoisotopic (exact) mass is 332 g/mol. The Labute approximate surface area is 143 Å². The molecule has 0 saturated carbocycles. The molecule has 7 heteroatoms. The van der Waals surface area contributed by atoms with Crippen molar-refractivity contribution in [3.63, 3.8) is 0 Å². The maximum absolute atomic E-state index is 13.3. The van der Waals surface area contributed by atoms with E-state index >= 15 is 0 Å². The second kappa shape index (κ2) is 7.19. The molecule has 0 bridgehead atoms. The lowest BCUT2D eigenvalue weighted by Crippen LogP contribution is -2.06. The Hall–Kier alpha value is -3.79. The van der Waals surface area contributed by atoms with Crippen LogP contribution in [0.4, 0.5) is 22.0 Å². The second-order valence-electron chi connectivity index (χ2n) is 5.06. The molecule has 0 unspecified atom stereocenters. The van der Waals surface area contributed by atoms with Crippen LogP contribution in [0.3, 0.4) is 0 Å². The Morgan fingerprint density at radius 1 is 1.08 bits per heavy atom. The van der Waals surface area contributed by atoms with Crippen LogP contribution in [0, 0.1) is 17.1 Å². The summed E-state index contributed by atoms with van der Waals surface area (Å²) in [7, 11) is 0. The fourth-order valence-corrected chi connectivity index (χ4v) is 2.13. The molecule has 3 N–H and O–H groups in total. The molecule has 1 heterocycles. The van der Waals surface area contributed by atoms with Crippen LogP contribution in [0.1, 0.15) is 11.4 Å². The quantitative estimate of drug-likeness (QED) is 0.710. The van der Waals surface area contributed by atoms with E-state index in [2.05, 4.69) is 20.3 Å². The van der Waals surface area contributed by atoms with Gasteiger partial charge in [-0.1, -0.05) is 30.3 Å². The lowest BCUT2D eigenvalue weighted by Gasteiger charge is -2.07. The predicted octanol–water partition coefficient (Wildman–Crippen LogP) is 3.40. The number of anilines is 3. The van der Waals surface area contributed by atoms with Crippen molar-refractivity contribution < 1.29 is 4.39 Å². The zero-order valence-electron chi connectivity index (χ0n) is 13.0. The number of nitrogen functional groups attached to an aromatic ring is 1. The van der Waals surface area contributed by atoms with E-state index in [1.165, 1.54) is 18.2 Å². The fourth-order valence-electron chi connectivity index (χ4n) is 2.13. The minimum Gasteiger partial charge on any atom is -0.368 e. The van der Waals surface area contributed by atoms with Crippen LogP contribution in [-0.4, -0.2) is 15.0 Å². The molecule has 0 fully saturated rings. The number of aromatic nitrogens is 3. The zero-order valence-corrected chi connectivity index (χ0v) is 13.0. The highest BCUT2D eigenvalue weighted by Crippen LogP contribution is 2.18. The number of nitrogens with one attached hydrogen (secondary N) is 1. The summed E-state index contributed by atoms with van der Waals surface area (Å²) >= 11 is 0. The smallest absolute Gasteiger partial charge is 0.232 e. The summed E-state index contributed by atoms with van der Waals surface area (Å²) in [5.74, 6) is -0.0942. The highest BCUT2D eigenvalue weighted by molar-refractivity contribution is 5.87. The van der Waals surface area contributed by atoms with Gasteiger partial charge in [0, 0.05) is 5.69 Å². The van der Waals surface area contributed by atoms with Crippen LogP contribution in [-0.2, 0) is 0 Å². The normalized spacial score (nSPS) is 11.0. The molecule has 122 valence electrons. The molecule has 0 amide bonds. The number of para-hydroxylation sites is 1. The average Bonchev–Trinajstić information content (AvgIpc) is 2.60. The summed E-state index contributed by atoms with van der Waals surface area (Å²) in [5.41, 5.74) is 7.16. The van der Waals surface area contributed by atoms with Gasteiger partial charge in [0.1, 0.15) is 11.9 Å². The van der Waals surface area contributed by atoms with Crippen molar-refractivity contribution in [2.24, 2.45) is 0 Å². The molecule has 3 rings (SSSR count). The molecule has 2 aromatic carbocycles. The van der Waals surface area contributed by atoms with Crippen molar-refractivity contribution in [2.75, 3.05) is 11.1 Å². The number of halogens is 1. The summed E-state index contributed by atoms with van der Waals surface area (Å²) in [6, 6.07) is 17.2. The number of benzene rings is 2. The Morgan fingerprint density at radius 2 is 1.88 bits per heavy atom. The summed E-state index contributed by atoms with van der Waals surface area (Å²) in [6.07, 6.45) is 1.49. The van der Waals surface area contributed by atoms with Crippen LogP contribution in [0.25, 0.3) is 11.6 Å². The van der Waals surface area contributed by atoms with Gasteiger partial charge in [0.05, 0.1) is 5.57 Å². The first-order valence-corrected chi connectivity index (χ1v) is 7.35. The van der Waals surface area contributed by atoms with E-state index in [1.54, 1.807) is 12.1 Å². The average molecular weight is 332 g/mol. The van der Waals surface area contributed by atoms with E-state index in [0.29, 0.717) is 5.56 Å². The second-order valence-corrected chi connectivity index (χ2v) is 5.06. The number of hydrogen-bond acceptors (Lipinski definition) is 6. The molecular weight excluding hydrogens is 319 g/mol. The van der Waals surface area contributed by atoms with Gasteiger partial charge in [0.2, 0.25) is 11.9 Å². The number of rotatable bonds is 4. The molecule has 0 atom stereocenters. The van der Waals surface area contributed by atoms with Crippen molar-refractivity contribution in [2.45, 2.75) is 0 Å². The van der Waals surface area contributed by atoms with E-state index < -0.39 is 5.82 Å². The number of allylic oxidation sites excluding steroid dienone is 1. The van der Waals surface area contributed by atoms with Crippen molar-refractivity contribution in [1.29, 1.82) is 5.26 Å². The van der Waals surface area contributed by atoms with Crippen LogP contribution in [0.2, 0.25) is 0 Å². The number of nitrogens with two attached hydrogens (primary N) is 1. The minimum atomic E-state index is -0.396. The first-order valence-electron chi connectivity index (χ1n) is 7.35. The lowest BCUT2D eigenvalue weighted by atomic mass is 10.1. The summed E-state index contributed by atoms with van der Waals surface area (Å²) in [4.78, 5) is 12.2. The van der Waals surface area contributed by atoms with Crippen molar-refractivity contribution >= 4 is 29.2 Å². The molecular formula is C18H13FN6. The van der Waals surface area contributed by atoms with Crippen LogP contribution in [0.5, 0.6) is 0 Å². The third kappa shape index (κ3) is 4.14. The van der Waals surface area contributed by atoms with E-state index in [-0.39, 0.29) is 23.3 Å². The van der Waals surface area contributed by atoms with E-state index in [9.17, 15) is 9.65 Å². The molecule has 0 aliphatic rings. The topological polar surface area (TPSA) is 101 Å². The summed E-state index contributed by atoms with van der Waals surface area (Å²) in [6.45, 7) is 0. The molecule has 0 aliphatic carbocycles. The van der Waals surface area contributed by atoms with Gasteiger partial charge in [-0.2, -0.15) is 20.2 Å². The number of nitriles is 1. The molecule has 0 saturated heterocycles. The van der Waals surface area contributed by atoms with Gasteiger partial charge in [0.25, 0.3) is 0 Å². The Balaban J connectivity index is 1.96.